The summed E-state index contributed by atoms with van der Waals surface area (Å²) in [6.45, 7) is 2.31. The summed E-state index contributed by atoms with van der Waals surface area (Å²) in [5, 5.41) is 2.63. The number of rotatable bonds is 3. The monoisotopic (exact) mass is 256 g/mol. The van der Waals surface area contributed by atoms with E-state index in [1.165, 1.54) is 0 Å². The van der Waals surface area contributed by atoms with E-state index in [2.05, 4.69) is 17.2 Å². The third-order valence-electron chi connectivity index (χ3n) is 3.06. The summed E-state index contributed by atoms with van der Waals surface area (Å²) in [4.78, 5) is 25.6. The van der Waals surface area contributed by atoms with Crippen LogP contribution in [-0.4, -0.2) is 29.8 Å². The quantitative estimate of drug-likeness (QED) is 0.823. The Hall–Kier alpha value is -2.28. The van der Waals surface area contributed by atoms with Crippen molar-refractivity contribution >= 4 is 11.8 Å². The molecule has 4 nitrogen and oxygen atoms in total. The van der Waals surface area contributed by atoms with Gasteiger partial charge in [0, 0.05) is 13.0 Å². The minimum absolute atomic E-state index is 0.0636. The van der Waals surface area contributed by atoms with Crippen molar-refractivity contribution in [2.24, 2.45) is 0 Å². The van der Waals surface area contributed by atoms with Crippen molar-refractivity contribution in [1.82, 2.24) is 10.2 Å². The van der Waals surface area contributed by atoms with E-state index in [-0.39, 0.29) is 18.4 Å². The number of hydrogen-bond acceptors (Lipinski definition) is 2. The van der Waals surface area contributed by atoms with Crippen LogP contribution in [0.5, 0.6) is 0 Å². The van der Waals surface area contributed by atoms with Crippen molar-refractivity contribution in [2.45, 2.75) is 19.4 Å². The number of piperazine rings is 1. The van der Waals surface area contributed by atoms with Gasteiger partial charge in [-0.05, 0) is 12.5 Å². The van der Waals surface area contributed by atoms with Crippen molar-refractivity contribution in [1.29, 1.82) is 0 Å². The van der Waals surface area contributed by atoms with Crippen LogP contribution in [0.25, 0.3) is 0 Å². The van der Waals surface area contributed by atoms with Gasteiger partial charge in [0.05, 0.1) is 6.54 Å². The molecule has 0 saturated carbocycles. The van der Waals surface area contributed by atoms with E-state index in [0.29, 0.717) is 13.0 Å². The van der Waals surface area contributed by atoms with Gasteiger partial charge in [-0.25, -0.2) is 0 Å². The maximum atomic E-state index is 12.0. The van der Waals surface area contributed by atoms with Crippen LogP contribution in [0.4, 0.5) is 0 Å². The van der Waals surface area contributed by atoms with Gasteiger partial charge in [0.2, 0.25) is 11.8 Å². The smallest absolute Gasteiger partial charge is 0.247 e. The average Bonchev–Trinajstić information content (AvgIpc) is 2.44. The van der Waals surface area contributed by atoms with Gasteiger partial charge in [0.1, 0.15) is 6.04 Å². The minimum Gasteiger partial charge on any atom is -0.345 e. The second-order valence-corrected chi connectivity index (χ2v) is 4.29. The van der Waals surface area contributed by atoms with Crippen LogP contribution in [0, 0.1) is 11.8 Å². The van der Waals surface area contributed by atoms with Crippen LogP contribution < -0.4 is 5.32 Å². The highest BCUT2D eigenvalue weighted by Crippen LogP contribution is 2.23. The molecule has 2 rings (SSSR count). The van der Waals surface area contributed by atoms with Crippen LogP contribution in [0.15, 0.2) is 30.3 Å². The van der Waals surface area contributed by atoms with Crippen LogP contribution >= 0.6 is 0 Å². The fourth-order valence-electron chi connectivity index (χ4n) is 2.17. The van der Waals surface area contributed by atoms with Crippen LogP contribution in [0.2, 0.25) is 0 Å². The molecule has 0 aliphatic carbocycles. The maximum absolute atomic E-state index is 12.0. The first-order valence-corrected chi connectivity index (χ1v) is 6.25. The zero-order valence-corrected chi connectivity index (χ0v) is 10.8. The van der Waals surface area contributed by atoms with E-state index in [0.717, 1.165) is 5.56 Å². The third-order valence-corrected chi connectivity index (χ3v) is 3.06. The third kappa shape index (κ3) is 2.94. The predicted molar refractivity (Wildman–Crippen MR) is 72.0 cm³/mol. The van der Waals surface area contributed by atoms with Crippen molar-refractivity contribution < 1.29 is 9.59 Å². The molecule has 1 atom stereocenters. The van der Waals surface area contributed by atoms with E-state index in [9.17, 15) is 9.59 Å². The number of benzene rings is 1. The Morgan fingerprint density at radius 1 is 1.32 bits per heavy atom. The Labute approximate surface area is 112 Å². The van der Waals surface area contributed by atoms with E-state index in [1.807, 2.05) is 30.3 Å². The molecule has 1 aromatic carbocycles. The number of amides is 2. The normalized spacial score (nSPS) is 18.6. The lowest BCUT2D eigenvalue weighted by Crippen LogP contribution is -2.53. The standard InChI is InChI=1S/C15H16N2O2/c1-2-3-7-10-17-13(18)11-16-15(19)14(17)12-8-5-4-6-9-12/h4-6,8-9,14H,7,10-11H2,1H3,(H,16,19). The molecule has 1 aliphatic heterocycles. The Morgan fingerprint density at radius 2 is 2.05 bits per heavy atom. The highest BCUT2D eigenvalue weighted by molar-refractivity contribution is 5.95. The molecule has 1 saturated heterocycles. The van der Waals surface area contributed by atoms with Crippen LogP contribution in [0.1, 0.15) is 24.9 Å². The van der Waals surface area contributed by atoms with Crippen LogP contribution in [0.3, 0.4) is 0 Å². The van der Waals surface area contributed by atoms with Crippen molar-refractivity contribution in [3.05, 3.63) is 35.9 Å². The summed E-state index contributed by atoms with van der Waals surface area (Å²) in [7, 11) is 0. The Balaban J connectivity index is 2.25. The average molecular weight is 256 g/mol. The molecule has 1 unspecified atom stereocenters. The first-order valence-electron chi connectivity index (χ1n) is 6.25. The first-order chi connectivity index (χ1) is 9.24. The van der Waals surface area contributed by atoms with Gasteiger partial charge >= 0.3 is 0 Å². The summed E-state index contributed by atoms with van der Waals surface area (Å²) < 4.78 is 0. The molecule has 0 radical (unpaired) electrons. The second-order valence-electron chi connectivity index (χ2n) is 4.29. The molecule has 98 valence electrons. The lowest BCUT2D eigenvalue weighted by atomic mass is 10.0. The molecule has 19 heavy (non-hydrogen) atoms. The van der Waals surface area contributed by atoms with Crippen molar-refractivity contribution in [3.63, 3.8) is 0 Å². The Morgan fingerprint density at radius 3 is 2.74 bits per heavy atom. The molecule has 1 aromatic rings. The van der Waals surface area contributed by atoms with Gasteiger partial charge in [-0.15, -0.1) is 11.8 Å². The fraction of sp³-hybridized carbons (Fsp3) is 0.333. The predicted octanol–water partition coefficient (Wildman–Crippen LogP) is 1.10. The van der Waals surface area contributed by atoms with Crippen LogP contribution in [-0.2, 0) is 9.59 Å². The molecule has 1 heterocycles. The van der Waals surface area contributed by atoms with E-state index in [1.54, 1.807) is 11.8 Å². The molecule has 1 fully saturated rings. The number of carbonyl (C=O) groups excluding carboxylic acids is 2. The zero-order chi connectivity index (χ0) is 13.7. The molecule has 2 amide bonds. The SMILES string of the molecule is CC#CCCN1C(=O)CNC(=O)C1c1ccccc1. The summed E-state index contributed by atoms with van der Waals surface area (Å²) >= 11 is 0. The summed E-state index contributed by atoms with van der Waals surface area (Å²) in [5.41, 5.74) is 0.831. The largest absolute Gasteiger partial charge is 0.345 e. The van der Waals surface area contributed by atoms with Crippen molar-refractivity contribution in [2.75, 3.05) is 13.1 Å². The van der Waals surface area contributed by atoms with Gasteiger partial charge in [0.25, 0.3) is 0 Å². The Bertz CT molecular complexity index is 528. The number of nitrogens with zero attached hydrogens (tertiary/aromatic N) is 1. The fourth-order valence-corrected chi connectivity index (χ4v) is 2.17. The summed E-state index contributed by atoms with van der Waals surface area (Å²) in [6.07, 6.45) is 0.582. The number of carbonyl (C=O) groups is 2. The number of hydrogen-bond donors (Lipinski definition) is 1. The zero-order valence-electron chi connectivity index (χ0n) is 10.8. The lowest BCUT2D eigenvalue weighted by Gasteiger charge is -2.34. The molecule has 1 aliphatic rings. The molecule has 0 aromatic heterocycles. The highest BCUT2D eigenvalue weighted by atomic mass is 16.2. The van der Waals surface area contributed by atoms with Gasteiger partial charge in [0.15, 0.2) is 0 Å². The van der Waals surface area contributed by atoms with Gasteiger partial charge in [-0.3, -0.25) is 9.59 Å². The second kappa shape index (κ2) is 6.05. The molecule has 4 heteroatoms. The Kier molecular flexibility index (Phi) is 4.19. The van der Waals surface area contributed by atoms with E-state index >= 15 is 0 Å². The first kappa shape index (κ1) is 13.2. The number of nitrogens with one attached hydrogen (secondary N) is 1. The summed E-state index contributed by atoms with van der Waals surface area (Å²) in [6, 6.07) is 8.81. The summed E-state index contributed by atoms with van der Waals surface area (Å²) in [5.74, 6) is 5.53. The van der Waals surface area contributed by atoms with Gasteiger partial charge < -0.3 is 10.2 Å². The molecule has 0 spiro atoms. The topological polar surface area (TPSA) is 49.4 Å². The highest BCUT2D eigenvalue weighted by Gasteiger charge is 2.34. The van der Waals surface area contributed by atoms with E-state index < -0.39 is 6.04 Å². The maximum Gasteiger partial charge on any atom is 0.247 e. The van der Waals surface area contributed by atoms with E-state index in [4.69, 9.17) is 0 Å². The van der Waals surface area contributed by atoms with Crippen molar-refractivity contribution in [3.8, 4) is 11.8 Å². The van der Waals surface area contributed by atoms with Gasteiger partial charge in [-0.1, -0.05) is 30.3 Å². The molecular formula is C15H16N2O2. The lowest BCUT2D eigenvalue weighted by molar-refractivity contribution is -0.145. The molecule has 1 N–H and O–H groups in total. The minimum atomic E-state index is -0.541. The van der Waals surface area contributed by atoms with Gasteiger partial charge in [-0.2, -0.15) is 0 Å². The molecule has 0 bridgehead atoms. The molecular weight excluding hydrogens is 240 g/mol.